The molecule has 1 N–H and O–H groups in total. The van der Waals surface area contributed by atoms with Crippen molar-refractivity contribution in [1.29, 1.82) is 0 Å². The van der Waals surface area contributed by atoms with E-state index in [0.29, 0.717) is 24.0 Å². The van der Waals surface area contributed by atoms with Gasteiger partial charge in [-0.05, 0) is 43.4 Å². The van der Waals surface area contributed by atoms with Gasteiger partial charge in [0.15, 0.2) is 11.5 Å². The summed E-state index contributed by atoms with van der Waals surface area (Å²) in [4.78, 5) is 21.0. The number of ether oxygens (including phenoxy) is 2. The Morgan fingerprint density at radius 1 is 1.10 bits per heavy atom. The number of methoxy groups -OCH3 is 2. The topological polar surface area (TPSA) is 91.2 Å². The minimum absolute atomic E-state index is 0.0275. The molecule has 1 amide bonds. The Hall–Kier alpha value is -3.42. The van der Waals surface area contributed by atoms with E-state index in [2.05, 4.69) is 20.4 Å². The molecular weight excluding hydrogens is 394 g/mol. The van der Waals surface area contributed by atoms with Crippen molar-refractivity contribution in [2.24, 2.45) is 0 Å². The van der Waals surface area contributed by atoms with E-state index >= 15 is 0 Å². The van der Waals surface area contributed by atoms with Gasteiger partial charge >= 0.3 is 0 Å². The summed E-state index contributed by atoms with van der Waals surface area (Å²) in [6, 6.07) is 6.10. The molecule has 0 atom stereocenters. The van der Waals surface area contributed by atoms with Crippen molar-refractivity contribution in [2.45, 2.75) is 44.2 Å². The second-order valence-corrected chi connectivity index (χ2v) is 7.74. The van der Waals surface area contributed by atoms with Crippen molar-refractivity contribution < 1.29 is 14.3 Å². The second kappa shape index (κ2) is 9.59. The zero-order valence-electron chi connectivity index (χ0n) is 17.8. The summed E-state index contributed by atoms with van der Waals surface area (Å²) < 4.78 is 12.6. The SMILES string of the molecule is COc1ccc(CC(=O)NC2CCC(n3cc(-c4cnccn4)cn3)CC2)cc1OC. The fourth-order valence-electron chi connectivity index (χ4n) is 4.06. The lowest BCUT2D eigenvalue weighted by Gasteiger charge is -2.29. The highest BCUT2D eigenvalue weighted by Crippen LogP contribution is 2.30. The molecule has 0 spiro atoms. The lowest BCUT2D eigenvalue weighted by atomic mass is 9.91. The standard InChI is InChI=1S/C23H27N5O3/c1-30-21-8-3-16(11-22(21)31-2)12-23(29)27-18-4-6-19(7-5-18)28-15-17(13-26-28)20-14-24-9-10-25-20/h3,8-11,13-15,18-19H,4-7,12H2,1-2H3,(H,27,29). The molecule has 0 bridgehead atoms. The van der Waals surface area contributed by atoms with E-state index in [4.69, 9.17) is 9.47 Å². The van der Waals surface area contributed by atoms with Crippen LogP contribution in [0.4, 0.5) is 0 Å². The van der Waals surface area contributed by atoms with Gasteiger partial charge in [-0.25, -0.2) is 0 Å². The molecule has 1 saturated carbocycles. The van der Waals surface area contributed by atoms with E-state index in [0.717, 1.165) is 42.5 Å². The number of benzene rings is 1. The maximum atomic E-state index is 12.5. The first kappa shape index (κ1) is 20.8. The number of aromatic nitrogens is 4. The molecule has 0 radical (unpaired) electrons. The zero-order valence-corrected chi connectivity index (χ0v) is 17.8. The van der Waals surface area contributed by atoms with E-state index in [1.165, 1.54) is 0 Å². The van der Waals surface area contributed by atoms with Crippen LogP contribution < -0.4 is 14.8 Å². The second-order valence-electron chi connectivity index (χ2n) is 7.74. The van der Waals surface area contributed by atoms with Crippen molar-refractivity contribution in [2.75, 3.05) is 14.2 Å². The minimum Gasteiger partial charge on any atom is -0.493 e. The van der Waals surface area contributed by atoms with E-state index in [1.807, 2.05) is 35.3 Å². The van der Waals surface area contributed by atoms with E-state index < -0.39 is 0 Å². The number of nitrogens with one attached hydrogen (secondary N) is 1. The summed E-state index contributed by atoms with van der Waals surface area (Å²) in [7, 11) is 3.19. The zero-order chi connectivity index (χ0) is 21.6. The summed E-state index contributed by atoms with van der Waals surface area (Å²) >= 11 is 0. The molecule has 0 aliphatic heterocycles. The summed E-state index contributed by atoms with van der Waals surface area (Å²) in [6.45, 7) is 0. The van der Waals surface area contributed by atoms with Crippen LogP contribution in [0.1, 0.15) is 37.3 Å². The van der Waals surface area contributed by atoms with E-state index in [-0.39, 0.29) is 11.9 Å². The number of nitrogens with zero attached hydrogens (tertiary/aromatic N) is 4. The Morgan fingerprint density at radius 3 is 2.61 bits per heavy atom. The van der Waals surface area contributed by atoms with Gasteiger partial charge in [0.25, 0.3) is 0 Å². The van der Waals surface area contributed by atoms with Crippen molar-refractivity contribution in [3.63, 3.8) is 0 Å². The van der Waals surface area contributed by atoms with Gasteiger partial charge in [0.05, 0.1) is 44.8 Å². The molecule has 0 saturated heterocycles. The Bertz CT molecular complexity index is 1010. The molecule has 1 fully saturated rings. The molecule has 3 aromatic rings. The van der Waals surface area contributed by atoms with Crippen LogP contribution >= 0.6 is 0 Å². The Morgan fingerprint density at radius 2 is 1.90 bits per heavy atom. The fourth-order valence-corrected chi connectivity index (χ4v) is 4.06. The minimum atomic E-state index is 0.0275. The number of carbonyl (C=O) groups excluding carboxylic acids is 1. The van der Waals surface area contributed by atoms with E-state index in [1.54, 1.807) is 32.8 Å². The molecule has 2 aromatic heterocycles. The van der Waals surface area contributed by atoms with Crippen LogP contribution in [-0.2, 0) is 11.2 Å². The third-order valence-corrected chi connectivity index (χ3v) is 5.71. The molecule has 4 rings (SSSR count). The lowest BCUT2D eigenvalue weighted by molar-refractivity contribution is -0.121. The first-order valence-corrected chi connectivity index (χ1v) is 10.5. The van der Waals surface area contributed by atoms with Gasteiger partial charge in [0.1, 0.15) is 0 Å². The summed E-state index contributed by atoms with van der Waals surface area (Å²) in [5, 5.41) is 7.71. The number of rotatable bonds is 7. The quantitative estimate of drug-likeness (QED) is 0.630. The number of carbonyl (C=O) groups is 1. The molecule has 1 aliphatic carbocycles. The van der Waals surface area contributed by atoms with Crippen LogP contribution in [0.5, 0.6) is 11.5 Å². The highest BCUT2D eigenvalue weighted by Gasteiger charge is 2.24. The van der Waals surface area contributed by atoms with Gasteiger partial charge in [0, 0.05) is 30.2 Å². The highest BCUT2D eigenvalue weighted by molar-refractivity contribution is 5.79. The molecule has 1 aliphatic rings. The molecule has 1 aromatic carbocycles. The average molecular weight is 422 g/mol. The van der Waals surface area contributed by atoms with Gasteiger partial charge in [-0.2, -0.15) is 5.10 Å². The number of amides is 1. The Labute approximate surface area is 181 Å². The van der Waals surface area contributed by atoms with Gasteiger partial charge in [-0.15, -0.1) is 0 Å². The van der Waals surface area contributed by atoms with Crippen molar-refractivity contribution in [3.8, 4) is 22.8 Å². The Balaban J connectivity index is 1.28. The fraction of sp³-hybridized carbons (Fsp3) is 0.391. The molecular formula is C23H27N5O3. The molecule has 8 nitrogen and oxygen atoms in total. The van der Waals surface area contributed by atoms with Gasteiger partial charge in [0.2, 0.25) is 5.91 Å². The predicted molar refractivity (Wildman–Crippen MR) is 116 cm³/mol. The Kier molecular flexibility index (Phi) is 6.45. The average Bonchev–Trinajstić information content (AvgIpc) is 3.30. The van der Waals surface area contributed by atoms with Crippen LogP contribution in [0.15, 0.2) is 49.2 Å². The third kappa shape index (κ3) is 5.02. The van der Waals surface area contributed by atoms with Crippen LogP contribution in [0, 0.1) is 0 Å². The normalized spacial score (nSPS) is 18.4. The summed E-state index contributed by atoms with van der Waals surface area (Å²) in [5.41, 5.74) is 2.69. The van der Waals surface area contributed by atoms with Crippen molar-refractivity contribution >= 4 is 5.91 Å². The predicted octanol–water partition coefficient (Wildman–Crippen LogP) is 3.20. The van der Waals surface area contributed by atoms with Gasteiger partial charge < -0.3 is 14.8 Å². The van der Waals surface area contributed by atoms with Gasteiger partial charge in [-0.1, -0.05) is 6.07 Å². The highest BCUT2D eigenvalue weighted by atomic mass is 16.5. The molecule has 0 unspecified atom stereocenters. The van der Waals surface area contributed by atoms with Gasteiger partial charge in [-0.3, -0.25) is 19.4 Å². The third-order valence-electron chi connectivity index (χ3n) is 5.71. The largest absolute Gasteiger partial charge is 0.493 e. The van der Waals surface area contributed by atoms with Crippen LogP contribution in [0.2, 0.25) is 0 Å². The van der Waals surface area contributed by atoms with Crippen LogP contribution in [-0.4, -0.2) is 45.9 Å². The number of hydrogen-bond acceptors (Lipinski definition) is 6. The first-order chi connectivity index (χ1) is 15.2. The molecule has 2 heterocycles. The molecule has 162 valence electrons. The first-order valence-electron chi connectivity index (χ1n) is 10.5. The van der Waals surface area contributed by atoms with E-state index in [9.17, 15) is 4.79 Å². The summed E-state index contributed by atoms with van der Waals surface area (Å²) in [5.74, 6) is 1.32. The lowest BCUT2D eigenvalue weighted by Crippen LogP contribution is -2.38. The smallest absolute Gasteiger partial charge is 0.224 e. The van der Waals surface area contributed by atoms with Crippen LogP contribution in [0.3, 0.4) is 0 Å². The van der Waals surface area contributed by atoms with Crippen LogP contribution in [0.25, 0.3) is 11.3 Å². The molecule has 8 heteroatoms. The maximum absolute atomic E-state index is 12.5. The molecule has 31 heavy (non-hydrogen) atoms. The summed E-state index contributed by atoms with van der Waals surface area (Å²) in [6.07, 6.45) is 13.1. The number of hydrogen-bond donors (Lipinski definition) is 1. The monoisotopic (exact) mass is 421 g/mol. The van der Waals surface area contributed by atoms with Crippen molar-refractivity contribution in [3.05, 3.63) is 54.7 Å². The van der Waals surface area contributed by atoms with Crippen molar-refractivity contribution in [1.82, 2.24) is 25.1 Å². The maximum Gasteiger partial charge on any atom is 0.224 e.